The molecule has 1 heterocycles. The molecule has 2 aromatic rings. The fourth-order valence-electron chi connectivity index (χ4n) is 1.69. The van der Waals surface area contributed by atoms with Gasteiger partial charge in [-0.05, 0) is 29.8 Å². The lowest BCUT2D eigenvalue weighted by Crippen LogP contribution is -2.26. The number of rotatable bonds is 4. The van der Waals surface area contributed by atoms with E-state index in [9.17, 15) is 13.5 Å². The summed E-state index contributed by atoms with van der Waals surface area (Å²) in [6, 6.07) is 9.29. The molecule has 0 amide bonds. The lowest BCUT2D eigenvalue weighted by Gasteiger charge is -2.17. The number of phenols is 1. The standard InChI is InChI=1S/C13H13ClN2O3S/c1-16(9-10-3-2-4-11(17)7-10)20(18,19)12-5-6-13(14)15-8-12/h2-8,17H,9H2,1H3. The highest BCUT2D eigenvalue weighted by Crippen LogP contribution is 2.19. The van der Waals surface area contributed by atoms with Gasteiger partial charge in [0.2, 0.25) is 10.0 Å². The van der Waals surface area contributed by atoms with Crippen LogP contribution in [0.2, 0.25) is 5.15 Å². The first kappa shape index (κ1) is 14.8. The second-order valence-electron chi connectivity index (χ2n) is 4.25. The van der Waals surface area contributed by atoms with Crippen molar-refractivity contribution in [2.24, 2.45) is 0 Å². The lowest BCUT2D eigenvalue weighted by atomic mass is 10.2. The molecule has 7 heteroatoms. The fourth-order valence-corrected chi connectivity index (χ4v) is 2.91. The molecule has 0 bridgehead atoms. The topological polar surface area (TPSA) is 70.5 Å². The average Bonchev–Trinajstić information content (AvgIpc) is 2.39. The van der Waals surface area contributed by atoms with Crippen LogP contribution in [0.15, 0.2) is 47.5 Å². The first-order valence-electron chi connectivity index (χ1n) is 5.75. The number of halogens is 1. The molecule has 0 aliphatic rings. The molecule has 20 heavy (non-hydrogen) atoms. The Bertz CT molecular complexity index is 702. The number of benzene rings is 1. The van der Waals surface area contributed by atoms with E-state index in [0.717, 1.165) is 0 Å². The summed E-state index contributed by atoms with van der Waals surface area (Å²) in [6.07, 6.45) is 1.22. The molecule has 0 saturated carbocycles. The minimum Gasteiger partial charge on any atom is -0.508 e. The van der Waals surface area contributed by atoms with Gasteiger partial charge in [0.05, 0.1) is 0 Å². The molecule has 1 N–H and O–H groups in total. The molecule has 1 aromatic heterocycles. The lowest BCUT2D eigenvalue weighted by molar-refractivity contribution is 0.458. The number of hydrogen-bond acceptors (Lipinski definition) is 4. The smallest absolute Gasteiger partial charge is 0.244 e. The van der Waals surface area contributed by atoms with E-state index < -0.39 is 10.0 Å². The molecular weight excluding hydrogens is 300 g/mol. The first-order chi connectivity index (χ1) is 9.39. The first-order valence-corrected chi connectivity index (χ1v) is 7.57. The van der Waals surface area contributed by atoms with Crippen LogP contribution in [0.25, 0.3) is 0 Å². The van der Waals surface area contributed by atoms with Crippen LogP contribution in [-0.2, 0) is 16.6 Å². The van der Waals surface area contributed by atoms with Crippen molar-refractivity contribution in [3.63, 3.8) is 0 Å². The number of nitrogens with zero attached hydrogens (tertiary/aromatic N) is 2. The Morgan fingerprint density at radius 2 is 2.05 bits per heavy atom. The van der Waals surface area contributed by atoms with E-state index in [-0.39, 0.29) is 22.3 Å². The average molecular weight is 313 g/mol. The van der Waals surface area contributed by atoms with Crippen LogP contribution < -0.4 is 0 Å². The van der Waals surface area contributed by atoms with Crippen molar-refractivity contribution < 1.29 is 13.5 Å². The second kappa shape index (κ2) is 5.78. The van der Waals surface area contributed by atoms with Gasteiger partial charge >= 0.3 is 0 Å². The number of sulfonamides is 1. The summed E-state index contributed by atoms with van der Waals surface area (Å²) >= 11 is 5.64. The van der Waals surface area contributed by atoms with Gasteiger partial charge in [-0.2, -0.15) is 4.31 Å². The van der Waals surface area contributed by atoms with E-state index in [4.69, 9.17) is 11.6 Å². The Balaban J connectivity index is 2.23. The Morgan fingerprint density at radius 1 is 1.30 bits per heavy atom. The predicted molar refractivity (Wildman–Crippen MR) is 76.0 cm³/mol. The maximum atomic E-state index is 12.3. The van der Waals surface area contributed by atoms with Crippen LogP contribution in [0, 0.1) is 0 Å². The third kappa shape index (κ3) is 3.27. The predicted octanol–water partition coefficient (Wildman–Crippen LogP) is 2.26. The van der Waals surface area contributed by atoms with Gasteiger partial charge in [-0.25, -0.2) is 13.4 Å². The molecule has 1 aromatic carbocycles. The van der Waals surface area contributed by atoms with Gasteiger partial charge in [0.1, 0.15) is 15.8 Å². The molecule has 2 rings (SSSR count). The van der Waals surface area contributed by atoms with E-state index in [1.54, 1.807) is 12.1 Å². The zero-order valence-electron chi connectivity index (χ0n) is 10.7. The van der Waals surface area contributed by atoms with Gasteiger partial charge in [-0.1, -0.05) is 23.7 Å². The van der Waals surface area contributed by atoms with Gasteiger partial charge in [-0.3, -0.25) is 0 Å². The minimum atomic E-state index is -3.64. The summed E-state index contributed by atoms with van der Waals surface area (Å²) in [7, 11) is -2.17. The van der Waals surface area contributed by atoms with E-state index in [2.05, 4.69) is 4.98 Å². The summed E-state index contributed by atoms with van der Waals surface area (Å²) in [5.74, 6) is 0.0986. The quantitative estimate of drug-likeness (QED) is 0.879. The zero-order valence-corrected chi connectivity index (χ0v) is 12.3. The van der Waals surface area contributed by atoms with Crippen LogP contribution in [0.5, 0.6) is 5.75 Å². The third-order valence-electron chi connectivity index (χ3n) is 2.72. The molecule has 5 nitrogen and oxygen atoms in total. The fraction of sp³-hybridized carbons (Fsp3) is 0.154. The number of phenolic OH excluding ortho intramolecular Hbond substituents is 1. The zero-order chi connectivity index (χ0) is 14.8. The SMILES string of the molecule is CN(Cc1cccc(O)c1)S(=O)(=O)c1ccc(Cl)nc1. The molecule has 0 fully saturated rings. The van der Waals surface area contributed by atoms with Crippen molar-refractivity contribution >= 4 is 21.6 Å². The number of hydrogen-bond donors (Lipinski definition) is 1. The molecular formula is C13H13ClN2O3S. The summed E-state index contributed by atoms with van der Waals surface area (Å²) in [5, 5.41) is 9.62. The van der Waals surface area contributed by atoms with E-state index in [1.165, 1.54) is 41.8 Å². The van der Waals surface area contributed by atoms with Crippen LogP contribution in [-0.4, -0.2) is 29.9 Å². The summed E-state index contributed by atoms with van der Waals surface area (Å²) < 4.78 is 25.8. The van der Waals surface area contributed by atoms with Crippen LogP contribution in [0.4, 0.5) is 0 Å². The van der Waals surface area contributed by atoms with Crippen molar-refractivity contribution in [1.29, 1.82) is 0 Å². The summed E-state index contributed by atoms with van der Waals surface area (Å²) in [6.45, 7) is 0.152. The second-order valence-corrected chi connectivity index (χ2v) is 6.68. The molecule has 0 saturated heterocycles. The van der Waals surface area contributed by atoms with Gasteiger partial charge < -0.3 is 5.11 Å². The Morgan fingerprint density at radius 3 is 2.65 bits per heavy atom. The Labute approximate surface area is 122 Å². The van der Waals surface area contributed by atoms with Crippen molar-refractivity contribution in [2.75, 3.05) is 7.05 Å². The molecule has 0 atom stereocenters. The van der Waals surface area contributed by atoms with Crippen molar-refractivity contribution in [2.45, 2.75) is 11.4 Å². The van der Waals surface area contributed by atoms with Crippen LogP contribution >= 0.6 is 11.6 Å². The normalized spacial score (nSPS) is 11.8. The molecule has 0 radical (unpaired) electrons. The largest absolute Gasteiger partial charge is 0.508 e. The van der Waals surface area contributed by atoms with E-state index >= 15 is 0 Å². The monoisotopic (exact) mass is 312 g/mol. The number of pyridine rings is 1. The number of aromatic nitrogens is 1. The maximum absolute atomic E-state index is 12.3. The molecule has 106 valence electrons. The van der Waals surface area contributed by atoms with Gasteiger partial charge in [0.25, 0.3) is 0 Å². The highest BCUT2D eigenvalue weighted by Gasteiger charge is 2.21. The summed E-state index contributed by atoms with van der Waals surface area (Å²) in [5.41, 5.74) is 0.693. The van der Waals surface area contributed by atoms with Crippen molar-refractivity contribution in [3.8, 4) is 5.75 Å². The minimum absolute atomic E-state index is 0.0737. The van der Waals surface area contributed by atoms with Gasteiger partial charge in [0.15, 0.2) is 0 Å². The Kier molecular flexibility index (Phi) is 4.27. The Hall–Kier alpha value is -1.63. The maximum Gasteiger partial charge on any atom is 0.244 e. The van der Waals surface area contributed by atoms with Crippen molar-refractivity contribution in [1.82, 2.24) is 9.29 Å². The number of aromatic hydroxyl groups is 1. The van der Waals surface area contributed by atoms with Crippen LogP contribution in [0.3, 0.4) is 0 Å². The molecule has 0 spiro atoms. The van der Waals surface area contributed by atoms with Crippen LogP contribution in [0.1, 0.15) is 5.56 Å². The summed E-state index contributed by atoms with van der Waals surface area (Å²) in [4.78, 5) is 3.84. The highest BCUT2D eigenvalue weighted by molar-refractivity contribution is 7.89. The molecule has 0 unspecified atom stereocenters. The van der Waals surface area contributed by atoms with E-state index in [1.807, 2.05) is 0 Å². The van der Waals surface area contributed by atoms with Gasteiger partial charge in [-0.15, -0.1) is 0 Å². The third-order valence-corrected chi connectivity index (χ3v) is 4.73. The molecule has 0 aliphatic heterocycles. The highest BCUT2D eigenvalue weighted by atomic mass is 35.5. The van der Waals surface area contributed by atoms with Crippen molar-refractivity contribution in [3.05, 3.63) is 53.3 Å². The van der Waals surface area contributed by atoms with E-state index in [0.29, 0.717) is 5.56 Å². The van der Waals surface area contributed by atoms with Gasteiger partial charge in [0, 0.05) is 19.8 Å². The molecule has 0 aliphatic carbocycles.